The molecule has 1 aromatic heterocycles. The van der Waals surface area contributed by atoms with Crippen LogP contribution in [0.15, 0.2) is 18.5 Å². The van der Waals surface area contributed by atoms with Crippen LogP contribution in [-0.2, 0) is 0 Å². The molecule has 0 aromatic carbocycles. The predicted octanol–water partition coefficient (Wildman–Crippen LogP) is 2.59. The second-order valence-electron chi connectivity index (χ2n) is 3.88. The quantitative estimate of drug-likeness (QED) is 0.805. The van der Waals surface area contributed by atoms with Gasteiger partial charge >= 0.3 is 5.97 Å². The summed E-state index contributed by atoms with van der Waals surface area (Å²) in [7, 11) is 0. The maximum Gasteiger partial charge on any atom is 0.341 e. The second-order valence-corrected chi connectivity index (χ2v) is 3.88. The maximum absolute atomic E-state index is 10.9. The van der Waals surface area contributed by atoms with Crippen molar-refractivity contribution in [1.82, 2.24) is 4.98 Å². The Labute approximate surface area is 95.3 Å². The van der Waals surface area contributed by atoms with Crippen molar-refractivity contribution in [3.8, 4) is 5.75 Å². The molecule has 0 bridgehead atoms. The normalized spacial score (nSPS) is 12.1. The largest absolute Gasteiger partial charge is 0.492 e. The van der Waals surface area contributed by atoms with E-state index in [1.54, 1.807) is 6.07 Å². The third-order valence-electron chi connectivity index (χ3n) is 2.32. The van der Waals surface area contributed by atoms with Crippen LogP contribution in [0.3, 0.4) is 0 Å². The summed E-state index contributed by atoms with van der Waals surface area (Å²) in [4.78, 5) is 14.6. The van der Waals surface area contributed by atoms with Gasteiger partial charge in [0, 0.05) is 12.4 Å². The Morgan fingerprint density at radius 3 is 3.00 bits per heavy atom. The highest BCUT2D eigenvalue weighted by atomic mass is 16.5. The van der Waals surface area contributed by atoms with Crippen LogP contribution in [0.1, 0.15) is 37.0 Å². The maximum atomic E-state index is 10.9. The number of pyridine rings is 1. The molecule has 1 atom stereocenters. The molecular formula is C12H17NO3. The lowest BCUT2D eigenvalue weighted by Gasteiger charge is -2.13. The molecule has 16 heavy (non-hydrogen) atoms. The number of aromatic carboxylic acids is 1. The van der Waals surface area contributed by atoms with Crippen LogP contribution in [0.4, 0.5) is 0 Å². The van der Waals surface area contributed by atoms with Gasteiger partial charge in [-0.15, -0.1) is 0 Å². The number of hydrogen-bond acceptors (Lipinski definition) is 3. The zero-order valence-corrected chi connectivity index (χ0v) is 9.64. The molecule has 0 aliphatic carbocycles. The standard InChI is InChI=1S/C12H17NO3/c1-3-4-9(2)8-16-11-5-6-13-7-10(11)12(14)15/h5-7,9H,3-4,8H2,1-2H3,(H,14,15). The average Bonchev–Trinajstić information content (AvgIpc) is 2.27. The first-order valence-electron chi connectivity index (χ1n) is 5.45. The van der Waals surface area contributed by atoms with Gasteiger partial charge < -0.3 is 9.84 Å². The molecule has 0 aliphatic heterocycles. The molecule has 0 saturated heterocycles. The summed E-state index contributed by atoms with van der Waals surface area (Å²) in [5.74, 6) is -0.184. The number of carboxylic acid groups (broad SMARTS) is 1. The van der Waals surface area contributed by atoms with Crippen molar-refractivity contribution in [2.75, 3.05) is 6.61 Å². The molecule has 4 heteroatoms. The van der Waals surface area contributed by atoms with Crippen LogP contribution in [-0.4, -0.2) is 22.7 Å². The van der Waals surface area contributed by atoms with Gasteiger partial charge in [0.05, 0.1) is 6.61 Å². The first-order chi connectivity index (χ1) is 7.65. The smallest absolute Gasteiger partial charge is 0.341 e. The Morgan fingerprint density at radius 2 is 2.38 bits per heavy atom. The fourth-order valence-electron chi connectivity index (χ4n) is 1.48. The predicted molar refractivity (Wildman–Crippen MR) is 60.8 cm³/mol. The molecule has 0 fully saturated rings. The van der Waals surface area contributed by atoms with Gasteiger partial charge in [-0.3, -0.25) is 4.98 Å². The number of hydrogen-bond donors (Lipinski definition) is 1. The minimum Gasteiger partial charge on any atom is -0.492 e. The van der Waals surface area contributed by atoms with Crippen LogP contribution >= 0.6 is 0 Å². The Kier molecular flexibility index (Phi) is 4.76. The monoisotopic (exact) mass is 223 g/mol. The van der Waals surface area contributed by atoms with E-state index in [-0.39, 0.29) is 5.56 Å². The summed E-state index contributed by atoms with van der Waals surface area (Å²) < 4.78 is 5.49. The van der Waals surface area contributed by atoms with Gasteiger partial charge in [-0.1, -0.05) is 20.3 Å². The third-order valence-corrected chi connectivity index (χ3v) is 2.32. The molecule has 4 nitrogen and oxygen atoms in total. The fraction of sp³-hybridized carbons (Fsp3) is 0.500. The van der Waals surface area contributed by atoms with E-state index in [1.165, 1.54) is 12.4 Å². The van der Waals surface area contributed by atoms with E-state index in [0.29, 0.717) is 18.3 Å². The van der Waals surface area contributed by atoms with E-state index in [2.05, 4.69) is 18.8 Å². The number of aromatic nitrogens is 1. The van der Waals surface area contributed by atoms with Crippen LogP contribution in [0, 0.1) is 5.92 Å². The molecular weight excluding hydrogens is 206 g/mol. The average molecular weight is 223 g/mol. The van der Waals surface area contributed by atoms with Gasteiger partial charge in [0.25, 0.3) is 0 Å². The van der Waals surface area contributed by atoms with E-state index in [9.17, 15) is 4.79 Å². The van der Waals surface area contributed by atoms with Crippen LogP contribution < -0.4 is 4.74 Å². The lowest BCUT2D eigenvalue weighted by molar-refractivity contribution is 0.0690. The van der Waals surface area contributed by atoms with Crippen molar-refractivity contribution in [3.05, 3.63) is 24.0 Å². The minimum atomic E-state index is -1.01. The number of carboxylic acids is 1. The van der Waals surface area contributed by atoms with Crippen molar-refractivity contribution < 1.29 is 14.6 Å². The van der Waals surface area contributed by atoms with Gasteiger partial charge in [0.1, 0.15) is 11.3 Å². The van der Waals surface area contributed by atoms with Gasteiger partial charge in [0.2, 0.25) is 0 Å². The van der Waals surface area contributed by atoms with Crippen molar-refractivity contribution >= 4 is 5.97 Å². The molecule has 0 radical (unpaired) electrons. The second kappa shape index (κ2) is 6.10. The number of carbonyl (C=O) groups is 1. The summed E-state index contributed by atoms with van der Waals surface area (Å²) in [5.41, 5.74) is 0.117. The molecule has 88 valence electrons. The highest BCUT2D eigenvalue weighted by molar-refractivity contribution is 5.90. The van der Waals surface area contributed by atoms with Gasteiger partial charge in [0.15, 0.2) is 0 Å². The zero-order chi connectivity index (χ0) is 12.0. The van der Waals surface area contributed by atoms with E-state index < -0.39 is 5.97 Å². The van der Waals surface area contributed by atoms with Gasteiger partial charge in [-0.25, -0.2) is 4.79 Å². The van der Waals surface area contributed by atoms with Crippen molar-refractivity contribution in [2.45, 2.75) is 26.7 Å². The van der Waals surface area contributed by atoms with Crippen LogP contribution in [0.2, 0.25) is 0 Å². The lowest BCUT2D eigenvalue weighted by atomic mass is 10.1. The number of nitrogens with zero attached hydrogens (tertiary/aromatic N) is 1. The SMILES string of the molecule is CCCC(C)COc1ccncc1C(=O)O. The Bertz CT molecular complexity index is 352. The molecule has 1 unspecified atom stereocenters. The first-order valence-corrected chi connectivity index (χ1v) is 5.45. The Hall–Kier alpha value is -1.58. The molecule has 0 amide bonds. The number of rotatable bonds is 6. The minimum absolute atomic E-state index is 0.117. The first kappa shape index (κ1) is 12.5. The highest BCUT2D eigenvalue weighted by Crippen LogP contribution is 2.18. The summed E-state index contributed by atoms with van der Waals surface area (Å²) >= 11 is 0. The highest BCUT2D eigenvalue weighted by Gasteiger charge is 2.11. The van der Waals surface area contributed by atoms with Crippen molar-refractivity contribution in [1.29, 1.82) is 0 Å². The fourth-order valence-corrected chi connectivity index (χ4v) is 1.48. The summed E-state index contributed by atoms with van der Waals surface area (Å²) in [6, 6.07) is 1.59. The Morgan fingerprint density at radius 1 is 1.62 bits per heavy atom. The van der Waals surface area contributed by atoms with E-state index >= 15 is 0 Å². The number of ether oxygens (including phenoxy) is 1. The Balaban J connectivity index is 2.63. The van der Waals surface area contributed by atoms with Gasteiger partial charge in [-0.2, -0.15) is 0 Å². The molecule has 1 heterocycles. The summed E-state index contributed by atoms with van der Waals surface area (Å²) in [6.45, 7) is 4.74. The van der Waals surface area contributed by atoms with Gasteiger partial charge in [-0.05, 0) is 18.4 Å². The summed E-state index contributed by atoms with van der Waals surface area (Å²) in [6.07, 6.45) is 5.02. The van der Waals surface area contributed by atoms with E-state index in [1.807, 2.05) is 0 Å². The van der Waals surface area contributed by atoms with E-state index in [4.69, 9.17) is 9.84 Å². The van der Waals surface area contributed by atoms with Crippen LogP contribution in [0.5, 0.6) is 5.75 Å². The molecule has 1 aromatic rings. The molecule has 0 saturated carbocycles. The molecule has 1 N–H and O–H groups in total. The lowest BCUT2D eigenvalue weighted by Crippen LogP contribution is -2.11. The third kappa shape index (κ3) is 3.53. The van der Waals surface area contributed by atoms with Crippen molar-refractivity contribution in [2.24, 2.45) is 5.92 Å². The molecule has 0 spiro atoms. The summed E-state index contributed by atoms with van der Waals surface area (Å²) in [5, 5.41) is 8.91. The van der Waals surface area contributed by atoms with E-state index in [0.717, 1.165) is 12.8 Å². The topological polar surface area (TPSA) is 59.4 Å². The molecule has 1 rings (SSSR count). The van der Waals surface area contributed by atoms with Crippen LogP contribution in [0.25, 0.3) is 0 Å². The molecule has 0 aliphatic rings. The zero-order valence-electron chi connectivity index (χ0n) is 9.64. The van der Waals surface area contributed by atoms with Crippen molar-refractivity contribution in [3.63, 3.8) is 0 Å².